The second kappa shape index (κ2) is 41.2. The van der Waals surface area contributed by atoms with Crippen LogP contribution in [0.5, 0.6) is 0 Å². The first-order chi connectivity index (χ1) is 31.9. The largest absolute Gasteiger partial charge is 0.466 e. The molecule has 0 bridgehead atoms. The second-order valence-electron chi connectivity index (χ2n) is 19.2. The Kier molecular flexibility index (Phi) is 38.3. The maximum atomic E-state index is 13.0. The van der Waals surface area contributed by atoms with E-state index in [2.05, 4.69) is 27.7 Å². The number of carbonyl (C=O) groups is 5. The molecule has 1 rings (SSSR count). The highest BCUT2D eigenvalue weighted by Crippen LogP contribution is 2.28. The van der Waals surface area contributed by atoms with Gasteiger partial charge < -0.3 is 33.5 Å². The minimum absolute atomic E-state index is 0.0289. The van der Waals surface area contributed by atoms with Gasteiger partial charge in [-0.05, 0) is 64.5 Å². The van der Waals surface area contributed by atoms with Crippen molar-refractivity contribution in [3.8, 4) is 0 Å². The van der Waals surface area contributed by atoms with Crippen molar-refractivity contribution in [3.63, 3.8) is 0 Å². The van der Waals surface area contributed by atoms with Crippen molar-refractivity contribution in [2.75, 3.05) is 40.5 Å². The third kappa shape index (κ3) is 32.8. The van der Waals surface area contributed by atoms with Gasteiger partial charge in [-0.2, -0.15) is 0 Å². The third-order valence-electron chi connectivity index (χ3n) is 12.6. The van der Waals surface area contributed by atoms with Crippen LogP contribution < -0.4 is 0 Å². The van der Waals surface area contributed by atoms with Crippen LogP contribution in [-0.2, 0) is 52.4 Å². The number of nitrogens with zero attached hydrogens (tertiary/aromatic N) is 1. The summed E-state index contributed by atoms with van der Waals surface area (Å²) in [5.41, 5.74) is 0. The molecule has 0 amide bonds. The summed E-state index contributed by atoms with van der Waals surface area (Å²) in [6.45, 7) is 9.62. The number of hydrogen-bond acceptors (Lipinski definition) is 13. The van der Waals surface area contributed by atoms with E-state index in [0.29, 0.717) is 50.7 Å². The molecule has 1 saturated heterocycles. The molecule has 1 aliphatic rings. The topological polar surface area (TPSA) is 164 Å². The zero-order valence-electron chi connectivity index (χ0n) is 42.8. The molecule has 1 aliphatic heterocycles. The zero-order valence-corrected chi connectivity index (χ0v) is 42.8. The van der Waals surface area contributed by atoms with Crippen LogP contribution in [0.25, 0.3) is 0 Å². The molecule has 0 saturated carbocycles. The first kappa shape index (κ1) is 61.2. The SMILES string of the molecule is CCCCCC(CCCCC)CCOC(=O)CCCCCCCC(=O)O[C@@H]1[C@H](OC(=O)CCCCCCCC(=O)OCCC(CCCCC)CCCCC)[C@H](O)O[C@@H]1COC(=O)CN(C)C. The van der Waals surface area contributed by atoms with Gasteiger partial charge in [0.05, 0.1) is 19.8 Å². The molecule has 0 unspecified atom stereocenters. The Morgan fingerprint density at radius 3 is 1.20 bits per heavy atom. The van der Waals surface area contributed by atoms with Crippen molar-refractivity contribution in [2.45, 2.75) is 258 Å². The van der Waals surface area contributed by atoms with Crippen molar-refractivity contribution in [2.24, 2.45) is 11.8 Å². The van der Waals surface area contributed by atoms with Crippen LogP contribution in [0.15, 0.2) is 0 Å². The van der Waals surface area contributed by atoms with E-state index in [1.807, 2.05) is 0 Å². The molecule has 13 nitrogen and oxygen atoms in total. The maximum Gasteiger partial charge on any atom is 0.320 e. The smallest absolute Gasteiger partial charge is 0.320 e. The summed E-state index contributed by atoms with van der Waals surface area (Å²) in [5.74, 6) is -0.644. The van der Waals surface area contributed by atoms with Gasteiger partial charge in [0.15, 0.2) is 18.5 Å². The number of esters is 5. The number of unbranched alkanes of at least 4 members (excludes halogenated alkanes) is 16. The molecule has 0 aliphatic carbocycles. The summed E-state index contributed by atoms with van der Waals surface area (Å²) in [5, 5.41) is 10.8. The van der Waals surface area contributed by atoms with E-state index in [9.17, 15) is 29.1 Å². The third-order valence-corrected chi connectivity index (χ3v) is 12.6. The molecule has 0 aromatic rings. The molecule has 4 atom stereocenters. The fraction of sp³-hybridized carbons (Fsp3) is 0.906. The van der Waals surface area contributed by atoms with Crippen molar-refractivity contribution in [1.82, 2.24) is 4.90 Å². The fourth-order valence-corrected chi connectivity index (χ4v) is 8.57. The summed E-state index contributed by atoms with van der Waals surface area (Å²) >= 11 is 0. The lowest BCUT2D eigenvalue weighted by Gasteiger charge is -2.23. The van der Waals surface area contributed by atoms with Gasteiger partial charge in [-0.1, -0.05) is 169 Å². The summed E-state index contributed by atoms with van der Waals surface area (Å²) in [4.78, 5) is 64.7. The summed E-state index contributed by atoms with van der Waals surface area (Å²) in [6.07, 6.45) is 25.0. The van der Waals surface area contributed by atoms with E-state index in [1.165, 1.54) is 103 Å². The van der Waals surface area contributed by atoms with Crippen molar-refractivity contribution in [3.05, 3.63) is 0 Å². The number of aliphatic hydroxyl groups is 1. The number of hydrogen-bond donors (Lipinski definition) is 1. The molecule has 1 N–H and O–H groups in total. The Bertz CT molecular complexity index is 1230. The quantitative estimate of drug-likeness (QED) is 0.0349. The lowest BCUT2D eigenvalue weighted by atomic mass is 9.92. The lowest BCUT2D eigenvalue weighted by Crippen LogP contribution is -2.42. The summed E-state index contributed by atoms with van der Waals surface area (Å²) in [6, 6.07) is 0. The molecule has 0 aromatic heterocycles. The average molecular weight is 940 g/mol. The molecule has 0 radical (unpaired) electrons. The number of ether oxygens (including phenoxy) is 6. The monoisotopic (exact) mass is 940 g/mol. The summed E-state index contributed by atoms with van der Waals surface area (Å²) in [7, 11) is 3.45. The molecule has 1 fully saturated rings. The van der Waals surface area contributed by atoms with Gasteiger partial charge in [-0.3, -0.25) is 28.9 Å². The van der Waals surface area contributed by atoms with Crippen LogP contribution >= 0.6 is 0 Å². The molecule has 0 spiro atoms. The minimum Gasteiger partial charge on any atom is -0.466 e. The van der Waals surface area contributed by atoms with Gasteiger partial charge in [-0.15, -0.1) is 0 Å². The standard InChI is InChI=1S/C53H97NO12/c1-7-11-21-29-43(30-22-12-8-2)37-39-61-46(55)33-25-17-15-19-27-35-48(57)65-51-45(42-63-50(59)41-54(5)6)64-53(60)52(51)66-49(58)36-28-20-16-18-26-34-47(56)62-40-38-44(31-23-13-9-3)32-24-14-10-4/h43-45,51-53,60H,7-42H2,1-6H3/t45-,51+,52+,53-/m1/s1. The van der Waals surface area contributed by atoms with Crippen LogP contribution in [0.2, 0.25) is 0 Å². The van der Waals surface area contributed by atoms with Crippen molar-refractivity contribution >= 4 is 29.8 Å². The summed E-state index contributed by atoms with van der Waals surface area (Å²) < 4.78 is 33.5. The molecule has 386 valence electrons. The van der Waals surface area contributed by atoms with Crippen LogP contribution in [0, 0.1) is 11.8 Å². The normalized spacial score (nSPS) is 17.1. The van der Waals surface area contributed by atoms with Gasteiger partial charge >= 0.3 is 29.8 Å². The predicted molar refractivity (Wildman–Crippen MR) is 259 cm³/mol. The van der Waals surface area contributed by atoms with Gasteiger partial charge in [0.25, 0.3) is 0 Å². The van der Waals surface area contributed by atoms with E-state index < -0.39 is 42.5 Å². The van der Waals surface area contributed by atoms with E-state index in [1.54, 1.807) is 19.0 Å². The highest BCUT2D eigenvalue weighted by molar-refractivity contribution is 5.72. The Hall–Kier alpha value is -2.77. The van der Waals surface area contributed by atoms with Gasteiger partial charge in [0, 0.05) is 25.7 Å². The highest BCUT2D eigenvalue weighted by atomic mass is 16.7. The molecular formula is C53H97NO12. The van der Waals surface area contributed by atoms with Crippen LogP contribution in [0.1, 0.15) is 233 Å². The minimum atomic E-state index is -1.57. The Morgan fingerprint density at radius 2 is 0.818 bits per heavy atom. The molecule has 66 heavy (non-hydrogen) atoms. The molecule has 1 heterocycles. The van der Waals surface area contributed by atoms with Crippen molar-refractivity contribution in [1.29, 1.82) is 0 Å². The Labute approximate surface area is 401 Å². The van der Waals surface area contributed by atoms with E-state index in [-0.39, 0.29) is 37.9 Å². The average Bonchev–Trinajstić information content (AvgIpc) is 3.56. The van der Waals surface area contributed by atoms with E-state index >= 15 is 0 Å². The number of rotatable bonds is 44. The Morgan fingerprint density at radius 1 is 0.455 bits per heavy atom. The zero-order chi connectivity index (χ0) is 48.6. The fourth-order valence-electron chi connectivity index (χ4n) is 8.57. The van der Waals surface area contributed by atoms with Gasteiger partial charge in [0.1, 0.15) is 12.7 Å². The van der Waals surface area contributed by atoms with E-state index in [4.69, 9.17) is 28.4 Å². The van der Waals surface area contributed by atoms with Crippen LogP contribution in [0.4, 0.5) is 0 Å². The first-order valence-electron chi connectivity index (χ1n) is 26.8. The molecular weight excluding hydrogens is 843 g/mol. The lowest BCUT2D eigenvalue weighted by molar-refractivity contribution is -0.177. The van der Waals surface area contributed by atoms with Crippen LogP contribution in [0.3, 0.4) is 0 Å². The van der Waals surface area contributed by atoms with E-state index in [0.717, 1.165) is 64.2 Å². The second-order valence-corrected chi connectivity index (χ2v) is 19.2. The number of carbonyl (C=O) groups excluding carboxylic acids is 5. The Balaban J connectivity index is 2.46. The number of likely N-dealkylation sites (N-methyl/N-ethyl adjacent to an activating group) is 1. The van der Waals surface area contributed by atoms with Gasteiger partial charge in [0.2, 0.25) is 0 Å². The predicted octanol–water partition coefficient (Wildman–Crippen LogP) is 11.5. The number of aliphatic hydroxyl groups excluding tert-OH is 1. The highest BCUT2D eigenvalue weighted by Gasteiger charge is 2.49. The first-order valence-corrected chi connectivity index (χ1v) is 26.8. The van der Waals surface area contributed by atoms with Crippen molar-refractivity contribution < 1.29 is 57.5 Å². The van der Waals surface area contributed by atoms with Crippen LogP contribution in [-0.4, -0.2) is 105 Å². The maximum absolute atomic E-state index is 13.0. The van der Waals surface area contributed by atoms with Gasteiger partial charge in [-0.25, -0.2) is 0 Å². The molecule has 13 heteroatoms. The molecule has 0 aromatic carbocycles.